The van der Waals surface area contributed by atoms with Gasteiger partial charge in [0.15, 0.2) is 19.7 Å². The zero-order chi connectivity index (χ0) is 15.8. The van der Waals surface area contributed by atoms with Gasteiger partial charge in [-0.3, -0.25) is 0 Å². The van der Waals surface area contributed by atoms with E-state index in [1.165, 1.54) is 4.90 Å². The van der Waals surface area contributed by atoms with E-state index >= 15 is 0 Å². The van der Waals surface area contributed by atoms with E-state index < -0.39 is 25.7 Å². The van der Waals surface area contributed by atoms with Crippen LogP contribution in [0.3, 0.4) is 0 Å². The molecule has 0 radical (unpaired) electrons. The fraction of sp³-hybridized carbons (Fsp3) is 0.545. The molecule has 0 aromatic carbocycles. The van der Waals surface area contributed by atoms with Gasteiger partial charge in [0.25, 0.3) is 0 Å². The topological polar surface area (TPSA) is 115 Å². The number of carbonyl (C=O) groups is 1. The molecule has 116 valence electrons. The van der Waals surface area contributed by atoms with Crippen LogP contribution < -0.4 is 5.73 Å². The number of sulfone groups is 2. The Morgan fingerprint density at radius 1 is 0.950 bits per heavy atom. The summed E-state index contributed by atoms with van der Waals surface area (Å²) in [5.74, 6) is -0.267. The molecule has 0 bridgehead atoms. The Bertz CT molecular complexity index is 507. The molecule has 0 aliphatic rings. The van der Waals surface area contributed by atoms with E-state index in [0.29, 0.717) is 0 Å². The highest BCUT2D eigenvalue weighted by molar-refractivity contribution is 7.94. The minimum atomic E-state index is -3.31. The molecule has 0 fully saturated rings. The number of hydrogen-bond acceptors (Lipinski definition) is 5. The van der Waals surface area contributed by atoms with Gasteiger partial charge in [-0.25, -0.2) is 21.6 Å². The first kappa shape index (κ1) is 18.7. The lowest BCUT2D eigenvalue weighted by atomic mass is 10.4. The summed E-state index contributed by atoms with van der Waals surface area (Å²) >= 11 is 0. The lowest BCUT2D eigenvalue weighted by Crippen LogP contribution is -2.38. The Morgan fingerprint density at radius 2 is 1.30 bits per heavy atom. The second-order valence-electron chi connectivity index (χ2n) is 4.10. The number of nitrogens with two attached hydrogens (primary N) is 1. The van der Waals surface area contributed by atoms with Crippen molar-refractivity contribution < 1.29 is 21.6 Å². The van der Waals surface area contributed by atoms with Crippen LogP contribution in [-0.2, 0) is 19.7 Å². The summed E-state index contributed by atoms with van der Waals surface area (Å²) in [6, 6.07) is -0.711. The van der Waals surface area contributed by atoms with Crippen molar-refractivity contribution in [1.82, 2.24) is 4.90 Å². The first-order chi connectivity index (χ1) is 9.13. The minimum Gasteiger partial charge on any atom is -0.351 e. The molecule has 0 saturated heterocycles. The molecule has 0 atom stereocenters. The van der Waals surface area contributed by atoms with Gasteiger partial charge in [-0.15, -0.1) is 0 Å². The van der Waals surface area contributed by atoms with Gasteiger partial charge in [0.2, 0.25) is 0 Å². The van der Waals surface area contributed by atoms with Gasteiger partial charge in [0.1, 0.15) is 0 Å². The number of rotatable bonds is 10. The predicted octanol–water partition coefficient (Wildman–Crippen LogP) is 0.264. The van der Waals surface area contributed by atoms with Crippen molar-refractivity contribution in [3.63, 3.8) is 0 Å². The monoisotopic (exact) mass is 324 g/mol. The first-order valence-corrected chi connectivity index (χ1v) is 9.31. The van der Waals surface area contributed by atoms with Gasteiger partial charge in [-0.2, -0.15) is 0 Å². The predicted molar refractivity (Wildman–Crippen MR) is 78.4 cm³/mol. The minimum absolute atomic E-state index is 0.134. The molecule has 0 unspecified atom stereocenters. The maximum atomic E-state index is 11.2. The van der Waals surface area contributed by atoms with Gasteiger partial charge in [-0.05, 0) is 12.8 Å². The molecule has 0 rings (SSSR count). The maximum absolute atomic E-state index is 11.2. The van der Waals surface area contributed by atoms with Gasteiger partial charge in [0, 0.05) is 23.9 Å². The fourth-order valence-electron chi connectivity index (χ4n) is 1.41. The van der Waals surface area contributed by atoms with Crippen molar-refractivity contribution in [3.8, 4) is 0 Å². The van der Waals surface area contributed by atoms with E-state index in [9.17, 15) is 21.6 Å². The van der Waals surface area contributed by atoms with Crippen molar-refractivity contribution in [1.29, 1.82) is 0 Å². The quantitative estimate of drug-likeness (QED) is 0.619. The summed E-state index contributed by atoms with van der Waals surface area (Å²) in [7, 11) is -6.63. The van der Waals surface area contributed by atoms with Gasteiger partial charge in [0.05, 0.1) is 11.5 Å². The molecular weight excluding hydrogens is 304 g/mol. The standard InChI is InChI=1S/C11H20N2O5S2/c1-3-19(15,16)9-5-7-13(11(12)14)8-6-10-20(17,18)4-2/h3-4H,1-2,5-10H2,(H2,12,14). The summed E-state index contributed by atoms with van der Waals surface area (Å²) in [4.78, 5) is 12.4. The van der Waals surface area contributed by atoms with E-state index in [-0.39, 0.29) is 37.4 Å². The van der Waals surface area contributed by atoms with E-state index in [4.69, 9.17) is 5.73 Å². The van der Waals surface area contributed by atoms with Crippen molar-refractivity contribution >= 4 is 25.7 Å². The largest absolute Gasteiger partial charge is 0.351 e. The fourth-order valence-corrected chi connectivity index (χ4v) is 2.81. The van der Waals surface area contributed by atoms with Gasteiger partial charge in [-0.1, -0.05) is 13.2 Å². The van der Waals surface area contributed by atoms with Crippen LogP contribution in [0.4, 0.5) is 4.79 Å². The van der Waals surface area contributed by atoms with E-state index in [1.54, 1.807) is 0 Å². The average molecular weight is 324 g/mol. The lowest BCUT2D eigenvalue weighted by molar-refractivity contribution is 0.207. The summed E-state index contributed by atoms with van der Waals surface area (Å²) in [6.07, 6.45) is 0.428. The Balaban J connectivity index is 4.29. The van der Waals surface area contributed by atoms with E-state index in [0.717, 1.165) is 10.8 Å². The second-order valence-corrected chi connectivity index (χ2v) is 8.23. The second kappa shape index (κ2) is 8.05. The Labute approximate surface area is 120 Å². The SMILES string of the molecule is C=CS(=O)(=O)CCCN(CCCS(=O)(=O)C=C)C(N)=O. The number of amides is 2. The van der Waals surface area contributed by atoms with Crippen molar-refractivity contribution in [3.05, 3.63) is 24.0 Å². The van der Waals surface area contributed by atoms with Gasteiger partial charge >= 0.3 is 6.03 Å². The average Bonchev–Trinajstić information content (AvgIpc) is 2.36. The zero-order valence-electron chi connectivity index (χ0n) is 11.2. The number of urea groups is 1. The molecule has 9 heteroatoms. The van der Waals surface area contributed by atoms with E-state index in [1.807, 2.05) is 0 Å². The zero-order valence-corrected chi connectivity index (χ0v) is 12.8. The molecule has 2 N–H and O–H groups in total. The third-order valence-electron chi connectivity index (χ3n) is 2.53. The van der Waals surface area contributed by atoms with Crippen LogP contribution in [0.15, 0.2) is 24.0 Å². The van der Waals surface area contributed by atoms with Crippen molar-refractivity contribution in [2.45, 2.75) is 12.8 Å². The molecule has 0 heterocycles. The van der Waals surface area contributed by atoms with Crippen LogP contribution in [0.1, 0.15) is 12.8 Å². The number of hydrogen-bond donors (Lipinski definition) is 1. The van der Waals surface area contributed by atoms with Crippen LogP contribution in [0.25, 0.3) is 0 Å². The molecule has 20 heavy (non-hydrogen) atoms. The van der Waals surface area contributed by atoms with Gasteiger partial charge < -0.3 is 10.6 Å². The highest BCUT2D eigenvalue weighted by Gasteiger charge is 2.13. The van der Waals surface area contributed by atoms with Crippen molar-refractivity contribution in [2.75, 3.05) is 24.6 Å². The summed E-state index contributed by atoms with van der Waals surface area (Å²) < 4.78 is 44.8. The first-order valence-electron chi connectivity index (χ1n) is 5.88. The molecule has 0 spiro atoms. The third kappa shape index (κ3) is 7.95. The molecule has 0 saturated carbocycles. The third-order valence-corrected chi connectivity index (χ3v) is 5.26. The normalized spacial score (nSPS) is 11.8. The van der Waals surface area contributed by atoms with Crippen LogP contribution in [0.2, 0.25) is 0 Å². The van der Waals surface area contributed by atoms with Crippen LogP contribution in [0.5, 0.6) is 0 Å². The van der Waals surface area contributed by atoms with Crippen LogP contribution >= 0.6 is 0 Å². The van der Waals surface area contributed by atoms with Crippen molar-refractivity contribution in [2.24, 2.45) is 5.73 Å². The number of carbonyl (C=O) groups excluding carboxylic acids is 1. The lowest BCUT2D eigenvalue weighted by Gasteiger charge is -2.19. The Hall–Kier alpha value is -1.35. The Kier molecular flexibility index (Phi) is 7.51. The summed E-state index contributed by atoms with van der Waals surface area (Å²) in [6.45, 7) is 6.66. The molecular formula is C11H20N2O5S2. The highest BCUT2D eigenvalue weighted by Crippen LogP contribution is 2.01. The summed E-state index contributed by atoms with van der Waals surface area (Å²) in [5.41, 5.74) is 5.15. The summed E-state index contributed by atoms with van der Waals surface area (Å²) in [5, 5.41) is 1.72. The molecule has 7 nitrogen and oxygen atoms in total. The smallest absolute Gasteiger partial charge is 0.314 e. The molecule has 0 aromatic heterocycles. The highest BCUT2D eigenvalue weighted by atomic mass is 32.2. The molecule has 0 aromatic rings. The number of primary amides is 1. The molecule has 2 amide bonds. The molecule has 0 aliphatic heterocycles. The van der Waals surface area contributed by atoms with E-state index in [2.05, 4.69) is 13.2 Å². The Morgan fingerprint density at radius 3 is 1.55 bits per heavy atom. The van der Waals surface area contributed by atoms with Crippen LogP contribution in [0, 0.1) is 0 Å². The van der Waals surface area contributed by atoms with Crippen LogP contribution in [-0.4, -0.2) is 52.4 Å². The maximum Gasteiger partial charge on any atom is 0.314 e. The number of nitrogens with zero attached hydrogens (tertiary/aromatic N) is 1. The molecule has 0 aliphatic carbocycles.